The number of amides is 1. The molecule has 1 aromatic carbocycles. The molecule has 22 heavy (non-hydrogen) atoms. The lowest BCUT2D eigenvalue weighted by Crippen LogP contribution is -2.62. The minimum absolute atomic E-state index is 0.0346. The summed E-state index contributed by atoms with van der Waals surface area (Å²) in [4.78, 5) is 12.1. The van der Waals surface area contributed by atoms with Crippen LogP contribution in [0.4, 0.5) is 0 Å². The third-order valence-electron chi connectivity index (χ3n) is 4.56. The summed E-state index contributed by atoms with van der Waals surface area (Å²) in [6.45, 7) is 1.81. The fraction of sp³-hybridized carbons (Fsp3) is 0.588. The van der Waals surface area contributed by atoms with Crippen LogP contribution in [0.15, 0.2) is 30.3 Å². The SMILES string of the molecule is COC[C@@H]1[C@@H](NC(=O)CCOc2ccccc2)[C@@H]2CCO[C@H]12. The van der Waals surface area contributed by atoms with Crippen LogP contribution in [-0.2, 0) is 14.3 Å². The van der Waals surface area contributed by atoms with Gasteiger partial charge in [0, 0.05) is 31.6 Å². The van der Waals surface area contributed by atoms with Gasteiger partial charge in [-0.05, 0) is 18.6 Å². The van der Waals surface area contributed by atoms with E-state index in [1.54, 1.807) is 7.11 Å². The van der Waals surface area contributed by atoms with Gasteiger partial charge in [0.05, 0.1) is 25.7 Å². The summed E-state index contributed by atoms with van der Waals surface area (Å²) >= 11 is 0. The van der Waals surface area contributed by atoms with Gasteiger partial charge in [0.15, 0.2) is 0 Å². The van der Waals surface area contributed by atoms with Gasteiger partial charge in [0.2, 0.25) is 5.91 Å². The molecule has 2 fully saturated rings. The normalized spacial score (nSPS) is 29.5. The summed E-state index contributed by atoms with van der Waals surface area (Å²) < 4.78 is 16.5. The van der Waals surface area contributed by atoms with Crippen LogP contribution in [0.3, 0.4) is 0 Å². The maximum atomic E-state index is 12.1. The number of fused-ring (bicyclic) bond motifs is 1. The minimum Gasteiger partial charge on any atom is -0.493 e. The predicted octanol–water partition coefficient (Wildman–Crippen LogP) is 1.62. The van der Waals surface area contributed by atoms with Crippen molar-refractivity contribution in [2.75, 3.05) is 26.9 Å². The molecule has 2 aliphatic rings. The zero-order valence-corrected chi connectivity index (χ0v) is 12.9. The van der Waals surface area contributed by atoms with Crippen LogP contribution < -0.4 is 10.1 Å². The lowest BCUT2D eigenvalue weighted by molar-refractivity contribution is -0.130. The molecule has 1 heterocycles. The maximum Gasteiger partial charge on any atom is 0.223 e. The molecule has 4 atom stereocenters. The summed E-state index contributed by atoms with van der Waals surface area (Å²) in [5.41, 5.74) is 0. The molecular formula is C17H23NO4. The van der Waals surface area contributed by atoms with Crippen LogP contribution in [0, 0.1) is 11.8 Å². The molecule has 5 nitrogen and oxygen atoms in total. The summed E-state index contributed by atoms with van der Waals surface area (Å²) in [7, 11) is 1.69. The molecule has 5 heteroatoms. The van der Waals surface area contributed by atoms with Crippen molar-refractivity contribution in [3.8, 4) is 5.75 Å². The van der Waals surface area contributed by atoms with Crippen molar-refractivity contribution < 1.29 is 19.0 Å². The highest BCUT2D eigenvalue weighted by atomic mass is 16.5. The number of carbonyl (C=O) groups is 1. The fourth-order valence-electron chi connectivity index (χ4n) is 3.47. The van der Waals surface area contributed by atoms with E-state index in [0.29, 0.717) is 25.6 Å². The van der Waals surface area contributed by atoms with Crippen molar-refractivity contribution in [3.63, 3.8) is 0 Å². The fourth-order valence-corrected chi connectivity index (χ4v) is 3.47. The van der Waals surface area contributed by atoms with Gasteiger partial charge in [-0.1, -0.05) is 18.2 Å². The summed E-state index contributed by atoms with van der Waals surface area (Å²) in [5, 5.41) is 3.13. The van der Waals surface area contributed by atoms with Gasteiger partial charge >= 0.3 is 0 Å². The highest BCUT2D eigenvalue weighted by Gasteiger charge is 2.54. The second-order valence-corrected chi connectivity index (χ2v) is 5.91. The van der Waals surface area contributed by atoms with E-state index in [-0.39, 0.29) is 24.0 Å². The van der Waals surface area contributed by atoms with Crippen molar-refractivity contribution >= 4 is 5.91 Å². The Labute approximate surface area is 130 Å². The topological polar surface area (TPSA) is 56.8 Å². The predicted molar refractivity (Wildman–Crippen MR) is 81.7 cm³/mol. The van der Waals surface area contributed by atoms with Crippen LogP contribution in [0.2, 0.25) is 0 Å². The third-order valence-corrected chi connectivity index (χ3v) is 4.56. The highest BCUT2D eigenvalue weighted by molar-refractivity contribution is 5.76. The Morgan fingerprint density at radius 2 is 2.18 bits per heavy atom. The molecule has 1 aromatic rings. The van der Waals surface area contributed by atoms with Crippen LogP contribution in [0.5, 0.6) is 5.75 Å². The number of hydrogen-bond acceptors (Lipinski definition) is 4. The molecule has 1 N–H and O–H groups in total. The average molecular weight is 305 g/mol. The first kappa shape index (κ1) is 15.3. The average Bonchev–Trinajstić information content (AvgIpc) is 2.96. The van der Waals surface area contributed by atoms with Gasteiger partial charge < -0.3 is 19.5 Å². The van der Waals surface area contributed by atoms with Gasteiger partial charge in [-0.15, -0.1) is 0 Å². The molecule has 0 radical (unpaired) electrons. The monoisotopic (exact) mass is 305 g/mol. The smallest absolute Gasteiger partial charge is 0.223 e. The van der Waals surface area contributed by atoms with E-state index < -0.39 is 0 Å². The van der Waals surface area contributed by atoms with Crippen LogP contribution in [-0.4, -0.2) is 45.0 Å². The number of nitrogens with one attached hydrogen (secondary N) is 1. The molecule has 120 valence electrons. The number of methoxy groups -OCH3 is 1. The van der Waals surface area contributed by atoms with Crippen molar-refractivity contribution in [2.45, 2.75) is 25.0 Å². The number of carbonyl (C=O) groups excluding carboxylic acids is 1. The molecule has 0 aromatic heterocycles. The molecule has 1 saturated carbocycles. The van der Waals surface area contributed by atoms with Gasteiger partial charge in [0.25, 0.3) is 0 Å². The van der Waals surface area contributed by atoms with E-state index in [1.807, 2.05) is 30.3 Å². The van der Waals surface area contributed by atoms with E-state index in [4.69, 9.17) is 14.2 Å². The second-order valence-electron chi connectivity index (χ2n) is 5.91. The van der Waals surface area contributed by atoms with Gasteiger partial charge in [0.1, 0.15) is 5.75 Å². The van der Waals surface area contributed by atoms with E-state index >= 15 is 0 Å². The van der Waals surface area contributed by atoms with Crippen molar-refractivity contribution in [3.05, 3.63) is 30.3 Å². The van der Waals surface area contributed by atoms with Crippen LogP contribution in [0.25, 0.3) is 0 Å². The first-order valence-electron chi connectivity index (χ1n) is 7.87. The highest BCUT2D eigenvalue weighted by Crippen LogP contribution is 2.43. The third kappa shape index (κ3) is 3.25. The number of rotatable bonds is 7. The van der Waals surface area contributed by atoms with Crippen molar-refractivity contribution in [1.29, 1.82) is 0 Å². The zero-order chi connectivity index (χ0) is 15.4. The van der Waals surface area contributed by atoms with Crippen molar-refractivity contribution in [1.82, 2.24) is 5.32 Å². The number of hydrogen-bond donors (Lipinski definition) is 1. The molecule has 3 rings (SSSR count). The summed E-state index contributed by atoms with van der Waals surface area (Å²) in [5.74, 6) is 1.54. The number of ether oxygens (including phenoxy) is 3. The van der Waals surface area contributed by atoms with E-state index in [2.05, 4.69) is 5.32 Å². The van der Waals surface area contributed by atoms with Crippen LogP contribution >= 0.6 is 0 Å². The standard InChI is InChI=1S/C17H23NO4/c1-20-11-14-16(13-7-9-22-17(13)14)18-15(19)8-10-21-12-5-3-2-4-6-12/h2-6,13-14,16-17H,7-11H2,1H3,(H,18,19)/t13-,14+,16-,17-/m0/s1. The molecule has 1 aliphatic heterocycles. The van der Waals surface area contributed by atoms with Crippen molar-refractivity contribution in [2.24, 2.45) is 11.8 Å². The van der Waals surface area contributed by atoms with E-state index in [9.17, 15) is 4.79 Å². The molecule has 1 amide bonds. The molecule has 0 bridgehead atoms. The summed E-state index contributed by atoms with van der Waals surface area (Å²) in [6, 6.07) is 9.72. The lowest BCUT2D eigenvalue weighted by atomic mass is 9.67. The van der Waals surface area contributed by atoms with Gasteiger partial charge in [-0.25, -0.2) is 0 Å². The molecule has 1 saturated heterocycles. The first-order valence-corrected chi connectivity index (χ1v) is 7.87. The Morgan fingerprint density at radius 1 is 1.36 bits per heavy atom. The number of para-hydroxylation sites is 1. The van der Waals surface area contributed by atoms with E-state index in [0.717, 1.165) is 18.8 Å². The van der Waals surface area contributed by atoms with Crippen LogP contribution in [0.1, 0.15) is 12.8 Å². The Morgan fingerprint density at radius 3 is 2.95 bits per heavy atom. The molecule has 0 spiro atoms. The Hall–Kier alpha value is -1.59. The molecule has 0 unspecified atom stereocenters. The maximum absolute atomic E-state index is 12.1. The first-order chi connectivity index (χ1) is 10.8. The summed E-state index contributed by atoms with van der Waals surface area (Å²) in [6.07, 6.45) is 1.64. The zero-order valence-electron chi connectivity index (χ0n) is 12.9. The van der Waals surface area contributed by atoms with Gasteiger partial charge in [-0.2, -0.15) is 0 Å². The number of benzene rings is 1. The molecule has 1 aliphatic carbocycles. The Balaban J connectivity index is 1.43. The van der Waals surface area contributed by atoms with Gasteiger partial charge in [-0.3, -0.25) is 4.79 Å². The second kappa shape index (κ2) is 7.11. The molecular weight excluding hydrogens is 282 g/mol. The largest absolute Gasteiger partial charge is 0.493 e. The quantitative estimate of drug-likeness (QED) is 0.832. The lowest BCUT2D eigenvalue weighted by Gasteiger charge is -2.47. The minimum atomic E-state index is 0.0346. The van der Waals surface area contributed by atoms with E-state index in [1.165, 1.54) is 0 Å². The Kier molecular flexibility index (Phi) is 4.95. The Bertz CT molecular complexity index is 493.